The molecule has 0 heterocycles. The van der Waals surface area contributed by atoms with Crippen molar-refractivity contribution in [1.82, 2.24) is 0 Å². The predicted octanol–water partition coefficient (Wildman–Crippen LogP) is 3.39. The number of halogens is 1. The van der Waals surface area contributed by atoms with Gasteiger partial charge in [-0.2, -0.15) is 0 Å². The van der Waals surface area contributed by atoms with Crippen LogP contribution in [0.25, 0.3) is 0 Å². The van der Waals surface area contributed by atoms with Crippen LogP contribution in [0.1, 0.15) is 42.9 Å². The van der Waals surface area contributed by atoms with E-state index in [0.29, 0.717) is 6.42 Å². The SMILES string of the molecule is Cc1cccc(C(O)C2CCCC(S(C)(=O)=O)C2)c1Br. The van der Waals surface area contributed by atoms with Crippen molar-refractivity contribution in [3.05, 3.63) is 33.8 Å². The van der Waals surface area contributed by atoms with Crippen LogP contribution in [-0.2, 0) is 9.84 Å². The van der Waals surface area contributed by atoms with Gasteiger partial charge in [0.15, 0.2) is 0 Å². The van der Waals surface area contributed by atoms with Crippen molar-refractivity contribution in [3.63, 3.8) is 0 Å². The van der Waals surface area contributed by atoms with E-state index < -0.39 is 15.9 Å². The minimum Gasteiger partial charge on any atom is -0.388 e. The molecule has 3 atom stereocenters. The molecule has 1 fully saturated rings. The highest BCUT2D eigenvalue weighted by molar-refractivity contribution is 9.10. The van der Waals surface area contributed by atoms with Gasteiger partial charge in [0.1, 0.15) is 9.84 Å². The zero-order chi connectivity index (χ0) is 14.9. The number of rotatable bonds is 3. The molecule has 112 valence electrons. The third-order valence-corrected chi connectivity index (χ3v) is 6.98. The van der Waals surface area contributed by atoms with Crippen LogP contribution >= 0.6 is 15.9 Å². The van der Waals surface area contributed by atoms with Crippen LogP contribution in [0.5, 0.6) is 0 Å². The zero-order valence-electron chi connectivity index (χ0n) is 11.8. The van der Waals surface area contributed by atoms with Crippen molar-refractivity contribution in [2.45, 2.75) is 44.0 Å². The molecule has 0 saturated heterocycles. The van der Waals surface area contributed by atoms with Crippen molar-refractivity contribution in [1.29, 1.82) is 0 Å². The van der Waals surface area contributed by atoms with Crippen LogP contribution in [0.15, 0.2) is 22.7 Å². The zero-order valence-corrected chi connectivity index (χ0v) is 14.2. The highest BCUT2D eigenvalue weighted by Gasteiger charge is 2.33. The van der Waals surface area contributed by atoms with Crippen molar-refractivity contribution in [2.24, 2.45) is 5.92 Å². The van der Waals surface area contributed by atoms with Gasteiger partial charge in [0.2, 0.25) is 0 Å². The van der Waals surface area contributed by atoms with Crippen molar-refractivity contribution in [3.8, 4) is 0 Å². The Kier molecular flexibility index (Phi) is 4.92. The Morgan fingerprint density at radius 3 is 2.70 bits per heavy atom. The summed E-state index contributed by atoms with van der Waals surface area (Å²) in [6.07, 6.45) is 3.72. The maximum Gasteiger partial charge on any atom is 0.150 e. The van der Waals surface area contributed by atoms with Crippen LogP contribution in [0, 0.1) is 12.8 Å². The first-order valence-corrected chi connectivity index (χ1v) is 9.67. The molecule has 0 amide bonds. The number of aliphatic hydroxyl groups excluding tert-OH is 1. The minimum atomic E-state index is -3.02. The molecule has 1 aliphatic rings. The summed E-state index contributed by atoms with van der Waals surface area (Å²) in [4.78, 5) is 0. The Labute approximate surface area is 129 Å². The Morgan fingerprint density at radius 2 is 2.05 bits per heavy atom. The fraction of sp³-hybridized carbons (Fsp3) is 0.600. The van der Waals surface area contributed by atoms with Gasteiger partial charge in [0.25, 0.3) is 0 Å². The molecule has 20 heavy (non-hydrogen) atoms. The molecule has 0 radical (unpaired) electrons. The summed E-state index contributed by atoms with van der Waals surface area (Å²) in [5, 5.41) is 10.3. The first-order valence-electron chi connectivity index (χ1n) is 6.92. The molecule has 1 saturated carbocycles. The third-order valence-electron chi connectivity index (χ3n) is 4.26. The number of aliphatic hydroxyl groups is 1. The summed E-state index contributed by atoms with van der Waals surface area (Å²) in [6.45, 7) is 1.99. The fourth-order valence-electron chi connectivity index (χ4n) is 3.01. The maximum absolute atomic E-state index is 11.7. The summed E-state index contributed by atoms with van der Waals surface area (Å²) < 4.78 is 24.4. The molecule has 1 aromatic carbocycles. The summed E-state index contributed by atoms with van der Waals surface area (Å²) in [5.41, 5.74) is 1.95. The molecule has 0 spiro atoms. The first-order chi connectivity index (χ1) is 9.30. The fourth-order valence-corrected chi connectivity index (χ4v) is 4.70. The standard InChI is InChI=1S/C15H21BrO3S/c1-10-5-3-8-13(14(10)16)15(17)11-6-4-7-12(9-11)20(2,18)19/h3,5,8,11-12,15,17H,4,6-7,9H2,1-2H3. The molecule has 0 aliphatic heterocycles. The summed E-state index contributed by atoms with van der Waals surface area (Å²) in [6, 6.07) is 5.82. The molecular formula is C15H21BrO3S. The highest BCUT2D eigenvalue weighted by atomic mass is 79.9. The average Bonchev–Trinajstić information content (AvgIpc) is 2.40. The van der Waals surface area contributed by atoms with E-state index in [2.05, 4.69) is 15.9 Å². The molecule has 3 nitrogen and oxygen atoms in total. The molecule has 1 N–H and O–H groups in total. The molecule has 1 aliphatic carbocycles. The van der Waals surface area contributed by atoms with E-state index in [1.165, 1.54) is 6.26 Å². The van der Waals surface area contributed by atoms with E-state index in [0.717, 1.165) is 34.9 Å². The van der Waals surface area contributed by atoms with Gasteiger partial charge in [-0.05, 0) is 43.2 Å². The lowest BCUT2D eigenvalue weighted by Gasteiger charge is -2.32. The van der Waals surface area contributed by atoms with Crippen LogP contribution in [-0.4, -0.2) is 25.0 Å². The van der Waals surface area contributed by atoms with E-state index in [1.54, 1.807) is 0 Å². The van der Waals surface area contributed by atoms with Crippen LogP contribution in [0.3, 0.4) is 0 Å². The number of hydrogen-bond acceptors (Lipinski definition) is 3. The lowest BCUT2D eigenvalue weighted by molar-refractivity contribution is 0.0850. The molecule has 0 bridgehead atoms. The van der Waals surface area contributed by atoms with E-state index in [-0.39, 0.29) is 11.2 Å². The quantitative estimate of drug-likeness (QED) is 0.898. The number of aryl methyl sites for hydroxylation is 1. The van der Waals surface area contributed by atoms with Gasteiger partial charge in [0, 0.05) is 10.7 Å². The van der Waals surface area contributed by atoms with E-state index in [1.807, 2.05) is 25.1 Å². The normalized spacial score (nSPS) is 25.4. The second-order valence-electron chi connectivity index (χ2n) is 5.80. The largest absolute Gasteiger partial charge is 0.388 e. The number of benzene rings is 1. The van der Waals surface area contributed by atoms with E-state index in [9.17, 15) is 13.5 Å². The summed E-state index contributed by atoms with van der Waals surface area (Å²) >= 11 is 3.52. The molecule has 3 unspecified atom stereocenters. The van der Waals surface area contributed by atoms with Crippen molar-refractivity contribution in [2.75, 3.05) is 6.26 Å². The third kappa shape index (κ3) is 3.43. The van der Waals surface area contributed by atoms with Gasteiger partial charge in [-0.25, -0.2) is 8.42 Å². The monoisotopic (exact) mass is 360 g/mol. The van der Waals surface area contributed by atoms with Gasteiger partial charge in [-0.15, -0.1) is 0 Å². The van der Waals surface area contributed by atoms with Gasteiger partial charge in [-0.1, -0.05) is 40.5 Å². The molecule has 2 rings (SSSR count). The Hall–Kier alpha value is -0.390. The molecule has 5 heteroatoms. The lowest BCUT2D eigenvalue weighted by Crippen LogP contribution is -2.30. The van der Waals surface area contributed by atoms with E-state index >= 15 is 0 Å². The smallest absolute Gasteiger partial charge is 0.150 e. The van der Waals surface area contributed by atoms with Gasteiger partial charge in [0.05, 0.1) is 11.4 Å². The second kappa shape index (κ2) is 6.16. The Bertz CT molecular complexity index is 583. The van der Waals surface area contributed by atoms with Gasteiger partial charge in [-0.3, -0.25) is 0 Å². The number of hydrogen-bond donors (Lipinski definition) is 1. The first kappa shape index (κ1) is 16.0. The summed E-state index contributed by atoms with van der Waals surface area (Å²) in [5.74, 6) is 0.0153. The molecule has 0 aromatic heterocycles. The van der Waals surface area contributed by atoms with Crippen molar-refractivity contribution >= 4 is 25.8 Å². The highest BCUT2D eigenvalue weighted by Crippen LogP contribution is 2.39. The Balaban J connectivity index is 2.21. The van der Waals surface area contributed by atoms with Crippen LogP contribution in [0.2, 0.25) is 0 Å². The lowest BCUT2D eigenvalue weighted by atomic mass is 9.82. The van der Waals surface area contributed by atoms with Crippen LogP contribution in [0.4, 0.5) is 0 Å². The van der Waals surface area contributed by atoms with Crippen molar-refractivity contribution < 1.29 is 13.5 Å². The van der Waals surface area contributed by atoms with Crippen LogP contribution < -0.4 is 0 Å². The maximum atomic E-state index is 11.7. The van der Waals surface area contributed by atoms with Gasteiger partial charge >= 0.3 is 0 Å². The minimum absolute atomic E-state index is 0.0153. The molecular weight excluding hydrogens is 340 g/mol. The topological polar surface area (TPSA) is 54.4 Å². The predicted molar refractivity (Wildman–Crippen MR) is 84.4 cm³/mol. The van der Waals surface area contributed by atoms with Gasteiger partial charge < -0.3 is 5.11 Å². The molecule has 1 aromatic rings. The van der Waals surface area contributed by atoms with E-state index in [4.69, 9.17) is 0 Å². The summed E-state index contributed by atoms with van der Waals surface area (Å²) in [7, 11) is -3.02. The number of sulfone groups is 1. The second-order valence-corrected chi connectivity index (χ2v) is 8.92. The average molecular weight is 361 g/mol. The Morgan fingerprint density at radius 1 is 1.35 bits per heavy atom.